The Morgan fingerprint density at radius 1 is 1.40 bits per heavy atom. The molecular weight excluding hydrogens is 194 g/mol. The van der Waals surface area contributed by atoms with E-state index < -0.39 is 5.91 Å². The van der Waals surface area contributed by atoms with Crippen LogP contribution in [0.1, 0.15) is 22.8 Å². The number of Topliss-reactive ketones (excluding diaryl/α,β-unsaturated/α-hetero) is 1. The lowest BCUT2D eigenvalue weighted by atomic mass is 10.1. The molecule has 4 heteroatoms. The Morgan fingerprint density at radius 3 is 2.73 bits per heavy atom. The van der Waals surface area contributed by atoms with Crippen molar-refractivity contribution >= 4 is 17.8 Å². The van der Waals surface area contributed by atoms with E-state index in [2.05, 4.69) is 0 Å². The Kier molecular flexibility index (Phi) is 3.76. The standard InChI is InChI=1S/C11H11NO3/c1-8(13)10-4-2-3-9(7-10)5-6-11(14)12-15/h2-7,15H,1H3,(H,12,14). The van der Waals surface area contributed by atoms with Crippen molar-refractivity contribution in [2.24, 2.45) is 0 Å². The highest BCUT2D eigenvalue weighted by molar-refractivity contribution is 5.95. The van der Waals surface area contributed by atoms with Gasteiger partial charge in [0.05, 0.1) is 0 Å². The van der Waals surface area contributed by atoms with Crippen LogP contribution in [0.4, 0.5) is 0 Å². The smallest absolute Gasteiger partial charge is 0.267 e. The number of ketones is 1. The normalized spacial score (nSPS) is 10.3. The van der Waals surface area contributed by atoms with Crippen molar-refractivity contribution in [2.75, 3.05) is 0 Å². The fraction of sp³-hybridized carbons (Fsp3) is 0.0909. The molecule has 0 unspecified atom stereocenters. The molecule has 78 valence electrons. The molecule has 0 aliphatic heterocycles. The van der Waals surface area contributed by atoms with E-state index in [1.165, 1.54) is 24.6 Å². The molecule has 0 fully saturated rings. The van der Waals surface area contributed by atoms with E-state index in [0.717, 1.165) is 5.56 Å². The highest BCUT2D eigenvalue weighted by Gasteiger charge is 1.98. The number of benzene rings is 1. The van der Waals surface area contributed by atoms with Crippen LogP contribution in [0.3, 0.4) is 0 Å². The summed E-state index contributed by atoms with van der Waals surface area (Å²) in [4.78, 5) is 21.7. The Morgan fingerprint density at radius 2 is 2.13 bits per heavy atom. The summed E-state index contributed by atoms with van der Waals surface area (Å²) in [6.45, 7) is 1.48. The van der Waals surface area contributed by atoms with E-state index in [9.17, 15) is 9.59 Å². The lowest BCUT2D eigenvalue weighted by Gasteiger charge is -1.97. The van der Waals surface area contributed by atoms with Gasteiger partial charge in [0, 0.05) is 11.6 Å². The number of carbonyl (C=O) groups is 2. The molecule has 0 aliphatic rings. The highest BCUT2D eigenvalue weighted by atomic mass is 16.5. The van der Waals surface area contributed by atoms with Gasteiger partial charge in [-0.05, 0) is 24.6 Å². The third kappa shape index (κ3) is 3.36. The summed E-state index contributed by atoms with van der Waals surface area (Å²) >= 11 is 0. The number of hydrogen-bond donors (Lipinski definition) is 2. The van der Waals surface area contributed by atoms with Crippen molar-refractivity contribution in [3.05, 3.63) is 41.5 Å². The van der Waals surface area contributed by atoms with Gasteiger partial charge in [0.2, 0.25) is 0 Å². The first-order chi connectivity index (χ1) is 7.13. The van der Waals surface area contributed by atoms with Crippen LogP contribution in [0, 0.1) is 0 Å². The largest absolute Gasteiger partial charge is 0.295 e. The van der Waals surface area contributed by atoms with E-state index >= 15 is 0 Å². The van der Waals surface area contributed by atoms with Gasteiger partial charge in [0.15, 0.2) is 5.78 Å². The molecule has 2 N–H and O–H groups in total. The summed E-state index contributed by atoms with van der Waals surface area (Å²) in [6.07, 6.45) is 2.69. The van der Waals surface area contributed by atoms with Gasteiger partial charge in [-0.2, -0.15) is 0 Å². The molecule has 0 bridgehead atoms. The Balaban J connectivity index is 2.87. The third-order valence-electron chi connectivity index (χ3n) is 1.83. The predicted octanol–water partition coefficient (Wildman–Crippen LogP) is 1.41. The molecular formula is C11H11NO3. The van der Waals surface area contributed by atoms with E-state index in [4.69, 9.17) is 5.21 Å². The fourth-order valence-electron chi connectivity index (χ4n) is 1.07. The second-order valence-electron chi connectivity index (χ2n) is 2.99. The van der Waals surface area contributed by atoms with Crippen LogP contribution < -0.4 is 5.48 Å². The maximum Gasteiger partial charge on any atom is 0.267 e. The Hall–Kier alpha value is -1.94. The summed E-state index contributed by atoms with van der Waals surface area (Å²) in [6, 6.07) is 6.86. The van der Waals surface area contributed by atoms with Crippen LogP contribution in [0.5, 0.6) is 0 Å². The summed E-state index contributed by atoms with van der Waals surface area (Å²) in [5.41, 5.74) is 2.79. The van der Waals surface area contributed by atoms with Crippen molar-refractivity contribution in [3.63, 3.8) is 0 Å². The van der Waals surface area contributed by atoms with Gasteiger partial charge in [-0.25, -0.2) is 5.48 Å². The first-order valence-corrected chi connectivity index (χ1v) is 4.36. The summed E-state index contributed by atoms with van der Waals surface area (Å²) in [5, 5.41) is 8.25. The second-order valence-corrected chi connectivity index (χ2v) is 2.99. The van der Waals surface area contributed by atoms with Crippen molar-refractivity contribution in [2.45, 2.75) is 6.92 Å². The van der Waals surface area contributed by atoms with Gasteiger partial charge in [-0.15, -0.1) is 0 Å². The molecule has 0 spiro atoms. The lowest BCUT2D eigenvalue weighted by Crippen LogP contribution is -2.14. The summed E-state index contributed by atoms with van der Waals surface area (Å²) in [7, 11) is 0. The predicted molar refractivity (Wildman–Crippen MR) is 55.4 cm³/mol. The van der Waals surface area contributed by atoms with E-state index in [1.807, 2.05) is 0 Å². The van der Waals surface area contributed by atoms with Gasteiger partial charge in [0.25, 0.3) is 5.91 Å². The van der Waals surface area contributed by atoms with Crippen molar-refractivity contribution in [1.82, 2.24) is 5.48 Å². The maximum atomic E-state index is 11.0. The number of carbonyl (C=O) groups excluding carboxylic acids is 2. The Labute approximate surface area is 87.2 Å². The van der Waals surface area contributed by atoms with Crippen LogP contribution in [0.2, 0.25) is 0 Å². The molecule has 1 amide bonds. The molecule has 1 aromatic carbocycles. The number of hydroxylamine groups is 1. The van der Waals surface area contributed by atoms with Crippen molar-refractivity contribution in [1.29, 1.82) is 0 Å². The van der Waals surface area contributed by atoms with E-state index in [-0.39, 0.29) is 5.78 Å². The summed E-state index contributed by atoms with van der Waals surface area (Å²) in [5.74, 6) is -0.639. The van der Waals surface area contributed by atoms with Gasteiger partial charge >= 0.3 is 0 Å². The van der Waals surface area contributed by atoms with Gasteiger partial charge in [-0.1, -0.05) is 18.2 Å². The first-order valence-electron chi connectivity index (χ1n) is 4.36. The molecule has 4 nitrogen and oxygen atoms in total. The minimum atomic E-state index is -0.608. The van der Waals surface area contributed by atoms with Crippen LogP contribution in [0.15, 0.2) is 30.3 Å². The zero-order chi connectivity index (χ0) is 11.3. The molecule has 15 heavy (non-hydrogen) atoms. The molecule has 0 radical (unpaired) electrons. The fourth-order valence-corrected chi connectivity index (χ4v) is 1.07. The van der Waals surface area contributed by atoms with Crippen LogP contribution >= 0.6 is 0 Å². The molecule has 0 saturated carbocycles. The Bertz CT molecular complexity index is 410. The minimum absolute atomic E-state index is 0.0307. The molecule has 0 saturated heterocycles. The average molecular weight is 205 g/mol. The van der Waals surface area contributed by atoms with Crippen molar-refractivity contribution < 1.29 is 14.8 Å². The average Bonchev–Trinajstić information content (AvgIpc) is 2.26. The quantitative estimate of drug-likeness (QED) is 0.339. The molecule has 0 atom stereocenters. The SMILES string of the molecule is CC(=O)c1cccc(C=CC(=O)NO)c1. The zero-order valence-corrected chi connectivity index (χ0v) is 8.23. The van der Waals surface area contributed by atoms with Crippen molar-refractivity contribution in [3.8, 4) is 0 Å². The van der Waals surface area contributed by atoms with Gasteiger partial charge in [-0.3, -0.25) is 14.8 Å². The van der Waals surface area contributed by atoms with E-state index in [0.29, 0.717) is 5.56 Å². The molecule has 0 aliphatic carbocycles. The highest BCUT2D eigenvalue weighted by Crippen LogP contribution is 2.07. The van der Waals surface area contributed by atoms with Crippen LogP contribution in [-0.2, 0) is 4.79 Å². The monoisotopic (exact) mass is 205 g/mol. The molecule has 0 heterocycles. The van der Waals surface area contributed by atoms with Crippen LogP contribution in [0.25, 0.3) is 6.08 Å². The number of rotatable bonds is 3. The van der Waals surface area contributed by atoms with E-state index in [1.54, 1.807) is 24.3 Å². The third-order valence-corrected chi connectivity index (χ3v) is 1.83. The van der Waals surface area contributed by atoms with Gasteiger partial charge < -0.3 is 0 Å². The maximum absolute atomic E-state index is 11.0. The molecule has 0 aromatic heterocycles. The molecule has 1 rings (SSSR count). The minimum Gasteiger partial charge on any atom is -0.295 e. The van der Waals surface area contributed by atoms with Gasteiger partial charge in [0.1, 0.15) is 0 Å². The number of hydrogen-bond acceptors (Lipinski definition) is 3. The summed E-state index contributed by atoms with van der Waals surface area (Å²) < 4.78 is 0. The lowest BCUT2D eigenvalue weighted by molar-refractivity contribution is -0.124. The second kappa shape index (κ2) is 5.07. The zero-order valence-electron chi connectivity index (χ0n) is 8.23. The topological polar surface area (TPSA) is 66.4 Å². The number of nitrogens with one attached hydrogen (secondary N) is 1. The number of amides is 1. The van der Waals surface area contributed by atoms with Crippen LogP contribution in [-0.4, -0.2) is 16.9 Å². The molecule has 1 aromatic rings. The first kappa shape index (κ1) is 11.1.